The quantitative estimate of drug-likeness (QED) is 0.428. The predicted molar refractivity (Wildman–Crippen MR) is 100 cm³/mol. The molecule has 0 amide bonds. The highest BCUT2D eigenvalue weighted by Crippen LogP contribution is 2.37. The first-order valence-electron chi connectivity index (χ1n) is 7.71. The number of hydrogen-bond donors (Lipinski definition) is 0. The Kier molecular flexibility index (Phi) is 6.82. The van der Waals surface area contributed by atoms with Gasteiger partial charge < -0.3 is 14.2 Å². The summed E-state index contributed by atoms with van der Waals surface area (Å²) < 4.78 is 15.2. The largest absolute Gasteiger partial charge is 0.493 e. The van der Waals surface area contributed by atoms with Gasteiger partial charge in [-0.1, -0.05) is 23.7 Å². The van der Waals surface area contributed by atoms with E-state index in [4.69, 9.17) is 26.3 Å². The van der Waals surface area contributed by atoms with Gasteiger partial charge in [0.15, 0.2) is 18.1 Å². The average Bonchev–Trinajstić information content (AvgIpc) is 2.70. The molecule has 2 aromatic rings. The van der Waals surface area contributed by atoms with Crippen LogP contribution < -0.4 is 9.47 Å². The Morgan fingerprint density at radius 1 is 1.19 bits per heavy atom. The van der Waals surface area contributed by atoms with E-state index in [0.29, 0.717) is 28.0 Å². The Bertz CT molecular complexity index is 954. The fourth-order valence-electron chi connectivity index (χ4n) is 2.22. The molecular weight excluding hydrogens is 368 g/mol. The smallest absolute Gasteiger partial charge is 0.343 e. The normalized spacial score (nSPS) is 10.5. The van der Waals surface area contributed by atoms with E-state index in [1.165, 1.54) is 14.2 Å². The first kappa shape index (κ1) is 19.8. The van der Waals surface area contributed by atoms with Crippen LogP contribution in [0.2, 0.25) is 5.02 Å². The van der Waals surface area contributed by atoms with Crippen molar-refractivity contribution >= 4 is 29.2 Å². The molecule has 0 N–H and O–H groups in total. The van der Waals surface area contributed by atoms with Gasteiger partial charge in [0, 0.05) is 0 Å². The number of halogens is 1. The van der Waals surface area contributed by atoms with Gasteiger partial charge in [-0.15, -0.1) is 0 Å². The Morgan fingerprint density at radius 2 is 1.89 bits per heavy atom. The Morgan fingerprint density at radius 3 is 2.44 bits per heavy atom. The molecule has 0 fully saturated rings. The lowest BCUT2D eigenvalue weighted by Crippen LogP contribution is -2.13. The molecule has 0 unspecified atom stereocenters. The maximum atomic E-state index is 11.3. The van der Waals surface area contributed by atoms with E-state index in [-0.39, 0.29) is 17.4 Å². The number of nitriles is 2. The zero-order valence-corrected chi connectivity index (χ0v) is 15.4. The number of ether oxygens (including phenoxy) is 3. The summed E-state index contributed by atoms with van der Waals surface area (Å²) in [6.45, 7) is -0.309. The van der Waals surface area contributed by atoms with Crippen molar-refractivity contribution in [2.75, 3.05) is 20.8 Å². The van der Waals surface area contributed by atoms with E-state index in [2.05, 4.69) is 10.8 Å². The topological polar surface area (TPSA) is 92.3 Å². The summed E-state index contributed by atoms with van der Waals surface area (Å²) in [5, 5.41) is 18.6. The van der Waals surface area contributed by atoms with Crippen LogP contribution in [0.25, 0.3) is 11.6 Å². The number of allylic oxidation sites excluding steroid dienone is 1. The minimum absolute atomic E-state index is 0.207. The van der Waals surface area contributed by atoms with Crippen molar-refractivity contribution < 1.29 is 19.0 Å². The highest BCUT2D eigenvalue weighted by Gasteiger charge is 2.14. The molecule has 27 heavy (non-hydrogen) atoms. The Balaban J connectivity index is 2.38. The van der Waals surface area contributed by atoms with Crippen LogP contribution >= 0.6 is 11.6 Å². The molecule has 2 rings (SSSR count). The first-order chi connectivity index (χ1) is 13.0. The third kappa shape index (κ3) is 5.01. The molecule has 0 atom stereocenters. The minimum atomic E-state index is -0.551. The van der Waals surface area contributed by atoms with Gasteiger partial charge in [0.2, 0.25) is 0 Å². The predicted octanol–water partition coefficient (Wildman–Crippen LogP) is 3.84. The van der Waals surface area contributed by atoms with Gasteiger partial charge >= 0.3 is 5.97 Å². The van der Waals surface area contributed by atoms with Crippen LogP contribution in [0.3, 0.4) is 0 Å². The van der Waals surface area contributed by atoms with Crippen LogP contribution in [0.15, 0.2) is 36.4 Å². The number of nitrogens with zero attached hydrogens (tertiary/aromatic N) is 2. The zero-order valence-electron chi connectivity index (χ0n) is 14.7. The van der Waals surface area contributed by atoms with Gasteiger partial charge in [-0.25, -0.2) is 4.79 Å². The lowest BCUT2D eigenvalue weighted by Gasteiger charge is -2.12. The molecule has 0 bridgehead atoms. The van der Waals surface area contributed by atoms with Crippen LogP contribution in [-0.2, 0) is 9.53 Å². The van der Waals surface area contributed by atoms with Gasteiger partial charge in [-0.3, -0.25) is 0 Å². The van der Waals surface area contributed by atoms with Gasteiger partial charge in [0.25, 0.3) is 0 Å². The Labute approximate surface area is 161 Å². The second kappa shape index (κ2) is 9.28. The summed E-state index contributed by atoms with van der Waals surface area (Å²) in [5.41, 5.74) is 2.18. The second-order valence-corrected chi connectivity index (χ2v) is 5.67. The third-order valence-corrected chi connectivity index (χ3v) is 3.85. The summed E-state index contributed by atoms with van der Waals surface area (Å²) in [4.78, 5) is 11.3. The summed E-state index contributed by atoms with van der Waals surface area (Å²) in [6, 6.07) is 14.1. The molecule has 0 saturated carbocycles. The van der Waals surface area contributed by atoms with E-state index < -0.39 is 5.97 Å². The van der Waals surface area contributed by atoms with Crippen molar-refractivity contribution in [1.29, 1.82) is 10.5 Å². The highest BCUT2D eigenvalue weighted by molar-refractivity contribution is 6.32. The van der Waals surface area contributed by atoms with Crippen LogP contribution in [0.5, 0.6) is 11.5 Å². The number of carbonyl (C=O) groups excluding carboxylic acids is 1. The molecule has 0 aliphatic carbocycles. The van der Waals surface area contributed by atoms with Crippen molar-refractivity contribution in [2.24, 2.45) is 0 Å². The molecule has 0 aromatic heterocycles. The van der Waals surface area contributed by atoms with Crippen LogP contribution in [0, 0.1) is 22.7 Å². The Hall–Kier alpha value is -3.48. The van der Waals surface area contributed by atoms with Crippen molar-refractivity contribution in [3.05, 3.63) is 58.1 Å². The van der Waals surface area contributed by atoms with Gasteiger partial charge in [0.1, 0.15) is 0 Å². The van der Waals surface area contributed by atoms with Crippen molar-refractivity contribution in [1.82, 2.24) is 0 Å². The van der Waals surface area contributed by atoms with E-state index in [0.717, 1.165) is 0 Å². The zero-order chi connectivity index (χ0) is 19.8. The van der Waals surface area contributed by atoms with Crippen molar-refractivity contribution in [3.8, 4) is 23.6 Å². The molecule has 2 aromatic carbocycles. The number of hydrogen-bond acceptors (Lipinski definition) is 6. The summed E-state index contributed by atoms with van der Waals surface area (Å²) >= 11 is 6.25. The van der Waals surface area contributed by atoms with E-state index in [9.17, 15) is 10.1 Å². The number of benzene rings is 2. The molecule has 0 radical (unpaired) electrons. The molecule has 0 aliphatic rings. The lowest BCUT2D eigenvalue weighted by atomic mass is 10.0. The van der Waals surface area contributed by atoms with Crippen LogP contribution in [-0.4, -0.2) is 26.8 Å². The first-order valence-corrected chi connectivity index (χ1v) is 8.09. The fraction of sp³-hybridized carbons (Fsp3) is 0.150. The maximum Gasteiger partial charge on any atom is 0.343 e. The molecule has 0 aliphatic heterocycles. The lowest BCUT2D eigenvalue weighted by molar-refractivity contribution is -0.142. The van der Waals surface area contributed by atoms with Crippen LogP contribution in [0.4, 0.5) is 0 Å². The van der Waals surface area contributed by atoms with E-state index in [1.54, 1.807) is 42.5 Å². The van der Waals surface area contributed by atoms with E-state index in [1.807, 2.05) is 6.07 Å². The summed E-state index contributed by atoms with van der Waals surface area (Å²) in [6.07, 6.45) is 1.64. The second-order valence-electron chi connectivity index (χ2n) is 5.26. The molecular formula is C20H15ClN2O4. The third-order valence-electron chi connectivity index (χ3n) is 3.57. The minimum Gasteiger partial charge on any atom is -0.493 e. The summed E-state index contributed by atoms with van der Waals surface area (Å²) in [5.74, 6) is -0.0296. The maximum absolute atomic E-state index is 11.3. The van der Waals surface area contributed by atoms with Crippen molar-refractivity contribution in [3.63, 3.8) is 0 Å². The molecule has 6 nitrogen and oxygen atoms in total. The van der Waals surface area contributed by atoms with Gasteiger partial charge in [0.05, 0.1) is 42.5 Å². The molecule has 0 saturated heterocycles. The number of esters is 1. The molecule has 0 spiro atoms. The van der Waals surface area contributed by atoms with E-state index >= 15 is 0 Å². The summed E-state index contributed by atoms with van der Waals surface area (Å²) in [7, 11) is 2.70. The molecule has 7 heteroatoms. The number of rotatable bonds is 6. The standard InChI is InChI=1S/C20H15ClN2O4/c1-25-18-9-14(8-17(21)20(18)27-12-19(24)26-2)7-16(11-23)15-5-3-13(10-22)4-6-15/h3-9H,12H2,1-2H3. The fourth-order valence-corrected chi connectivity index (χ4v) is 2.50. The number of methoxy groups -OCH3 is 2. The highest BCUT2D eigenvalue weighted by atomic mass is 35.5. The number of carbonyl (C=O) groups is 1. The van der Waals surface area contributed by atoms with Gasteiger partial charge in [-0.2, -0.15) is 10.5 Å². The van der Waals surface area contributed by atoms with Gasteiger partial charge in [-0.05, 0) is 41.5 Å². The van der Waals surface area contributed by atoms with Crippen LogP contribution in [0.1, 0.15) is 16.7 Å². The molecule has 0 heterocycles. The van der Waals surface area contributed by atoms with Crippen molar-refractivity contribution in [2.45, 2.75) is 0 Å². The average molecular weight is 383 g/mol. The monoisotopic (exact) mass is 382 g/mol. The molecule has 136 valence electrons. The SMILES string of the molecule is COC(=O)COc1c(Cl)cc(C=C(C#N)c2ccc(C#N)cc2)cc1OC.